The van der Waals surface area contributed by atoms with Crippen molar-refractivity contribution in [2.45, 2.75) is 13.2 Å². The summed E-state index contributed by atoms with van der Waals surface area (Å²) in [7, 11) is 1.61. The van der Waals surface area contributed by atoms with Crippen molar-refractivity contribution in [1.29, 1.82) is 0 Å². The van der Waals surface area contributed by atoms with Crippen molar-refractivity contribution < 1.29 is 14.3 Å². The van der Waals surface area contributed by atoms with E-state index >= 15 is 0 Å². The number of carbonyl (C=O) groups excluding carboxylic acids is 1. The fourth-order valence-corrected chi connectivity index (χ4v) is 3.21. The van der Waals surface area contributed by atoms with Crippen LogP contribution in [0.1, 0.15) is 21.5 Å². The number of rotatable bonds is 7. The summed E-state index contributed by atoms with van der Waals surface area (Å²) in [6.45, 7) is 0.863. The quantitative estimate of drug-likeness (QED) is 0.484. The summed E-state index contributed by atoms with van der Waals surface area (Å²) < 4.78 is 11.4. The zero-order chi connectivity index (χ0) is 20.1. The van der Waals surface area contributed by atoms with Crippen LogP contribution in [-0.4, -0.2) is 18.0 Å². The third-order valence-corrected chi connectivity index (χ3v) is 4.75. The van der Waals surface area contributed by atoms with Crippen molar-refractivity contribution >= 4 is 16.8 Å². The number of ether oxygens (including phenoxy) is 2. The van der Waals surface area contributed by atoms with Gasteiger partial charge in [0, 0.05) is 23.6 Å². The minimum absolute atomic E-state index is 0.120. The lowest BCUT2D eigenvalue weighted by molar-refractivity contribution is 0.0952. The first-order valence-electron chi connectivity index (χ1n) is 9.42. The fraction of sp³-hybridized carbons (Fsp3) is 0.125. The van der Waals surface area contributed by atoms with Crippen LogP contribution in [0, 0.1) is 0 Å². The van der Waals surface area contributed by atoms with Gasteiger partial charge in [-0.3, -0.25) is 4.79 Å². The highest BCUT2D eigenvalue weighted by Gasteiger charge is 2.12. The smallest absolute Gasteiger partial charge is 0.253 e. The van der Waals surface area contributed by atoms with Gasteiger partial charge >= 0.3 is 0 Å². The van der Waals surface area contributed by atoms with Gasteiger partial charge in [0.2, 0.25) is 0 Å². The van der Waals surface area contributed by atoms with E-state index in [1.54, 1.807) is 13.3 Å². The van der Waals surface area contributed by atoms with Crippen LogP contribution in [0.2, 0.25) is 0 Å². The first kappa shape index (κ1) is 18.6. The van der Waals surface area contributed by atoms with Crippen molar-refractivity contribution in [3.8, 4) is 11.5 Å². The molecule has 0 aliphatic rings. The molecular weight excluding hydrogens is 364 g/mol. The van der Waals surface area contributed by atoms with Gasteiger partial charge in [-0.05, 0) is 29.3 Å². The normalized spacial score (nSPS) is 10.7. The lowest BCUT2D eigenvalue weighted by Gasteiger charge is -2.13. The highest BCUT2D eigenvalue weighted by molar-refractivity contribution is 6.06. The number of aromatic amines is 1. The molecule has 29 heavy (non-hydrogen) atoms. The van der Waals surface area contributed by atoms with Crippen LogP contribution in [0.25, 0.3) is 10.9 Å². The van der Waals surface area contributed by atoms with Crippen LogP contribution in [0.3, 0.4) is 0 Å². The van der Waals surface area contributed by atoms with E-state index in [4.69, 9.17) is 9.47 Å². The van der Waals surface area contributed by atoms with Gasteiger partial charge in [-0.15, -0.1) is 0 Å². The molecule has 0 bridgehead atoms. The average molecular weight is 386 g/mol. The summed E-state index contributed by atoms with van der Waals surface area (Å²) >= 11 is 0. The zero-order valence-electron chi connectivity index (χ0n) is 16.1. The second-order valence-corrected chi connectivity index (χ2v) is 6.69. The topological polar surface area (TPSA) is 63.3 Å². The SMILES string of the molecule is COc1cc(CNC(=O)c2c[nH]c3ccccc23)ccc1OCc1ccccc1. The number of methoxy groups -OCH3 is 1. The van der Waals surface area contributed by atoms with Crippen LogP contribution < -0.4 is 14.8 Å². The minimum Gasteiger partial charge on any atom is -0.493 e. The molecule has 4 rings (SSSR count). The summed E-state index contributed by atoms with van der Waals surface area (Å²) in [5.74, 6) is 1.19. The molecule has 2 N–H and O–H groups in total. The Morgan fingerprint density at radius 3 is 2.55 bits per heavy atom. The largest absolute Gasteiger partial charge is 0.493 e. The number of aromatic nitrogens is 1. The molecule has 0 fully saturated rings. The lowest BCUT2D eigenvalue weighted by atomic mass is 10.1. The molecule has 1 amide bonds. The summed E-state index contributed by atoms with van der Waals surface area (Å²) in [4.78, 5) is 15.7. The molecule has 0 radical (unpaired) electrons. The zero-order valence-corrected chi connectivity index (χ0v) is 16.1. The van der Waals surface area contributed by atoms with Gasteiger partial charge in [0.25, 0.3) is 5.91 Å². The van der Waals surface area contributed by atoms with Crippen molar-refractivity contribution in [1.82, 2.24) is 10.3 Å². The Morgan fingerprint density at radius 1 is 0.931 bits per heavy atom. The van der Waals surface area contributed by atoms with Gasteiger partial charge in [0.05, 0.1) is 12.7 Å². The van der Waals surface area contributed by atoms with E-state index in [9.17, 15) is 4.79 Å². The average Bonchev–Trinajstić information content (AvgIpc) is 3.21. The molecular formula is C24H22N2O3. The summed E-state index contributed by atoms with van der Waals surface area (Å²) in [6, 6.07) is 23.4. The molecule has 0 aliphatic carbocycles. The van der Waals surface area contributed by atoms with Crippen LogP contribution in [0.4, 0.5) is 0 Å². The first-order valence-corrected chi connectivity index (χ1v) is 9.42. The van der Waals surface area contributed by atoms with Gasteiger partial charge in [-0.2, -0.15) is 0 Å². The Kier molecular flexibility index (Phi) is 5.47. The molecule has 5 nitrogen and oxygen atoms in total. The second kappa shape index (κ2) is 8.52. The molecule has 0 unspecified atom stereocenters. The monoisotopic (exact) mass is 386 g/mol. The molecule has 5 heteroatoms. The van der Waals surface area contributed by atoms with Gasteiger partial charge < -0.3 is 19.8 Å². The molecule has 0 saturated carbocycles. The molecule has 1 aromatic heterocycles. The third-order valence-electron chi connectivity index (χ3n) is 4.75. The van der Waals surface area contributed by atoms with Gasteiger partial charge in [0.15, 0.2) is 11.5 Å². The Bertz CT molecular complexity index is 1120. The fourth-order valence-electron chi connectivity index (χ4n) is 3.21. The van der Waals surface area contributed by atoms with E-state index in [0.717, 1.165) is 22.0 Å². The third kappa shape index (κ3) is 4.24. The molecule has 0 atom stereocenters. The Morgan fingerprint density at radius 2 is 1.72 bits per heavy atom. The summed E-state index contributed by atoms with van der Waals surface area (Å²) in [6.07, 6.45) is 1.74. The molecule has 0 aliphatic heterocycles. The van der Waals surface area contributed by atoms with Crippen LogP contribution >= 0.6 is 0 Å². The predicted molar refractivity (Wildman–Crippen MR) is 113 cm³/mol. The maximum atomic E-state index is 12.6. The molecule has 1 heterocycles. The Labute approximate surface area is 169 Å². The molecule has 3 aromatic carbocycles. The standard InChI is InChI=1S/C24H22N2O3/c1-28-23-13-18(11-12-22(23)29-16-17-7-3-2-4-8-17)14-26-24(27)20-15-25-21-10-6-5-9-19(20)21/h2-13,15,25H,14,16H2,1H3,(H,26,27). The second-order valence-electron chi connectivity index (χ2n) is 6.69. The predicted octanol–water partition coefficient (Wildman–Crippen LogP) is 4.69. The molecule has 4 aromatic rings. The lowest BCUT2D eigenvalue weighted by Crippen LogP contribution is -2.22. The van der Waals surface area contributed by atoms with Gasteiger partial charge in [0.1, 0.15) is 6.61 Å². The van der Waals surface area contributed by atoms with E-state index in [-0.39, 0.29) is 5.91 Å². The van der Waals surface area contributed by atoms with Crippen LogP contribution in [0.15, 0.2) is 79.0 Å². The number of carbonyl (C=O) groups is 1. The van der Waals surface area contributed by atoms with E-state index < -0.39 is 0 Å². The minimum atomic E-state index is -0.120. The van der Waals surface area contributed by atoms with E-state index in [0.29, 0.717) is 30.2 Å². The molecule has 146 valence electrons. The number of hydrogen-bond acceptors (Lipinski definition) is 3. The highest BCUT2D eigenvalue weighted by Crippen LogP contribution is 2.29. The number of para-hydroxylation sites is 1. The van der Waals surface area contributed by atoms with Crippen LogP contribution in [0.5, 0.6) is 11.5 Å². The van der Waals surface area contributed by atoms with Crippen molar-refractivity contribution in [2.75, 3.05) is 7.11 Å². The van der Waals surface area contributed by atoms with Crippen molar-refractivity contribution in [3.63, 3.8) is 0 Å². The maximum absolute atomic E-state index is 12.6. The first-order chi connectivity index (χ1) is 14.2. The van der Waals surface area contributed by atoms with E-state index in [1.165, 1.54) is 0 Å². The van der Waals surface area contributed by atoms with E-state index in [2.05, 4.69) is 10.3 Å². The van der Waals surface area contributed by atoms with Crippen LogP contribution in [-0.2, 0) is 13.2 Å². The number of benzene rings is 3. The van der Waals surface area contributed by atoms with Gasteiger partial charge in [-0.25, -0.2) is 0 Å². The summed E-state index contributed by atoms with van der Waals surface area (Å²) in [5.41, 5.74) is 3.60. The van der Waals surface area contributed by atoms with Crippen molar-refractivity contribution in [2.24, 2.45) is 0 Å². The number of fused-ring (bicyclic) bond motifs is 1. The maximum Gasteiger partial charge on any atom is 0.253 e. The Hall–Kier alpha value is -3.73. The Balaban J connectivity index is 1.42. The number of hydrogen-bond donors (Lipinski definition) is 2. The number of nitrogens with one attached hydrogen (secondary N) is 2. The summed E-state index contributed by atoms with van der Waals surface area (Å²) in [5, 5.41) is 3.88. The van der Waals surface area contributed by atoms with Gasteiger partial charge in [-0.1, -0.05) is 54.6 Å². The molecule has 0 spiro atoms. The van der Waals surface area contributed by atoms with E-state index in [1.807, 2.05) is 72.8 Å². The molecule has 0 saturated heterocycles. The number of H-pyrrole nitrogens is 1. The highest BCUT2D eigenvalue weighted by atomic mass is 16.5. The number of amides is 1. The van der Waals surface area contributed by atoms with Crippen molar-refractivity contribution in [3.05, 3.63) is 95.7 Å².